The first-order valence-corrected chi connectivity index (χ1v) is 9.43. The number of alkyl halides is 3. The molecule has 2 aromatic rings. The van der Waals surface area contributed by atoms with Gasteiger partial charge in [-0.05, 0) is 32.0 Å². The average molecular weight is 401 g/mol. The second kappa shape index (κ2) is 8.08. The molecule has 0 unspecified atom stereocenters. The third-order valence-electron chi connectivity index (χ3n) is 3.96. The molecule has 1 aromatic heterocycles. The molecule has 146 valence electrons. The molecule has 0 saturated heterocycles. The van der Waals surface area contributed by atoms with E-state index >= 15 is 0 Å². The normalized spacial score (nSPS) is 12.7. The Morgan fingerprint density at radius 2 is 1.78 bits per heavy atom. The van der Waals surface area contributed by atoms with Crippen molar-refractivity contribution in [1.29, 1.82) is 0 Å². The first-order chi connectivity index (χ1) is 12.5. The second-order valence-corrected chi connectivity index (χ2v) is 7.28. The number of hydrogen-bond donors (Lipinski definition) is 0. The van der Waals surface area contributed by atoms with E-state index in [0.29, 0.717) is 0 Å². The van der Waals surface area contributed by atoms with Gasteiger partial charge >= 0.3 is 12.1 Å². The lowest BCUT2D eigenvalue weighted by Gasteiger charge is -2.12. The number of aryl methyl sites for hydroxylation is 1. The van der Waals surface area contributed by atoms with E-state index in [9.17, 15) is 27.0 Å². The number of aromatic nitrogens is 1. The van der Waals surface area contributed by atoms with Crippen molar-refractivity contribution in [1.82, 2.24) is 4.57 Å². The number of carbonyl (C=O) groups is 2. The van der Waals surface area contributed by atoms with Gasteiger partial charge in [-0.15, -0.1) is 0 Å². The topological polar surface area (TPSA) is 65.4 Å². The second-order valence-electron chi connectivity index (χ2n) is 5.94. The standard InChI is InChI=1S/C18H18F3NO4S/c1-11-8-14(12(2)22(11)10-18(19,20)21)15(23)9-26-17(24)13-6-4-5-7-16(13)27(3)25/h4-8H,9-10H2,1-3H3/t27-/m1/s1. The van der Waals surface area contributed by atoms with E-state index in [1.807, 2.05) is 0 Å². The summed E-state index contributed by atoms with van der Waals surface area (Å²) in [5, 5.41) is 0. The first-order valence-electron chi connectivity index (χ1n) is 7.87. The molecule has 0 radical (unpaired) electrons. The van der Waals surface area contributed by atoms with Crippen LogP contribution in [0.2, 0.25) is 0 Å². The summed E-state index contributed by atoms with van der Waals surface area (Å²) in [6.45, 7) is 1.05. The lowest BCUT2D eigenvalue weighted by molar-refractivity contribution is -0.141. The molecular weight excluding hydrogens is 383 g/mol. The third-order valence-corrected chi connectivity index (χ3v) is 4.94. The number of Topliss-reactive ketones (excluding diaryl/α,β-unsaturated/α-hetero) is 1. The van der Waals surface area contributed by atoms with Crippen LogP contribution in [-0.2, 0) is 22.1 Å². The zero-order valence-electron chi connectivity index (χ0n) is 14.9. The molecule has 0 bridgehead atoms. The molecular formula is C18H18F3NO4S. The lowest BCUT2D eigenvalue weighted by atomic mass is 10.1. The highest BCUT2D eigenvalue weighted by molar-refractivity contribution is 7.84. The van der Waals surface area contributed by atoms with Crippen molar-refractivity contribution in [3.63, 3.8) is 0 Å². The molecule has 0 amide bonds. The van der Waals surface area contributed by atoms with Gasteiger partial charge in [0.05, 0.1) is 21.3 Å². The third kappa shape index (κ3) is 5.06. The summed E-state index contributed by atoms with van der Waals surface area (Å²) in [5.41, 5.74) is 0.581. The minimum Gasteiger partial charge on any atom is -0.454 e. The zero-order valence-corrected chi connectivity index (χ0v) is 15.7. The number of carbonyl (C=O) groups excluding carboxylic acids is 2. The van der Waals surface area contributed by atoms with Crippen molar-refractivity contribution < 1.29 is 31.7 Å². The Bertz CT molecular complexity index is 902. The summed E-state index contributed by atoms with van der Waals surface area (Å²) in [5.74, 6) is -1.43. The van der Waals surface area contributed by atoms with Crippen molar-refractivity contribution in [3.05, 3.63) is 52.8 Å². The highest BCUT2D eigenvalue weighted by Crippen LogP contribution is 2.23. The van der Waals surface area contributed by atoms with Gasteiger partial charge in [-0.2, -0.15) is 13.2 Å². The monoisotopic (exact) mass is 401 g/mol. The van der Waals surface area contributed by atoms with Gasteiger partial charge in [0, 0.05) is 23.2 Å². The Balaban J connectivity index is 2.14. The number of ether oxygens (including phenoxy) is 1. The fraction of sp³-hybridized carbons (Fsp3) is 0.333. The maximum Gasteiger partial charge on any atom is 0.406 e. The summed E-state index contributed by atoms with van der Waals surface area (Å²) in [4.78, 5) is 24.8. The molecule has 1 atom stereocenters. The van der Waals surface area contributed by atoms with Gasteiger partial charge in [0.25, 0.3) is 0 Å². The molecule has 0 aliphatic rings. The van der Waals surface area contributed by atoms with E-state index in [0.717, 1.165) is 4.57 Å². The number of benzene rings is 1. The van der Waals surface area contributed by atoms with E-state index < -0.39 is 41.9 Å². The first kappa shape index (κ1) is 20.9. The van der Waals surface area contributed by atoms with Gasteiger partial charge in [-0.25, -0.2) is 4.79 Å². The van der Waals surface area contributed by atoms with Crippen LogP contribution in [0.25, 0.3) is 0 Å². The van der Waals surface area contributed by atoms with Gasteiger partial charge in [-0.3, -0.25) is 9.00 Å². The highest BCUT2D eigenvalue weighted by Gasteiger charge is 2.30. The number of esters is 1. The van der Waals surface area contributed by atoms with Gasteiger partial charge in [0.2, 0.25) is 5.78 Å². The number of hydrogen-bond acceptors (Lipinski definition) is 4. The largest absolute Gasteiger partial charge is 0.454 e. The fourth-order valence-corrected chi connectivity index (χ4v) is 3.41. The quantitative estimate of drug-likeness (QED) is 0.549. The molecule has 0 aliphatic heterocycles. The molecule has 1 heterocycles. The van der Waals surface area contributed by atoms with E-state index in [1.54, 1.807) is 12.1 Å². The minimum absolute atomic E-state index is 0.0666. The highest BCUT2D eigenvalue weighted by atomic mass is 32.2. The predicted molar refractivity (Wildman–Crippen MR) is 93.3 cm³/mol. The summed E-state index contributed by atoms with van der Waals surface area (Å²) >= 11 is 0. The van der Waals surface area contributed by atoms with E-state index in [-0.39, 0.29) is 27.4 Å². The average Bonchev–Trinajstić information content (AvgIpc) is 2.86. The molecule has 0 N–H and O–H groups in total. The Kier molecular flexibility index (Phi) is 6.25. The van der Waals surface area contributed by atoms with Crippen LogP contribution < -0.4 is 0 Å². The van der Waals surface area contributed by atoms with E-state index in [4.69, 9.17) is 4.74 Å². The van der Waals surface area contributed by atoms with Gasteiger partial charge in [-0.1, -0.05) is 12.1 Å². The van der Waals surface area contributed by atoms with Gasteiger partial charge in [0.15, 0.2) is 6.61 Å². The molecule has 0 aliphatic carbocycles. The summed E-state index contributed by atoms with van der Waals surface area (Å²) in [6, 6.07) is 7.47. The molecule has 1 aromatic carbocycles. The molecule has 27 heavy (non-hydrogen) atoms. The minimum atomic E-state index is -4.42. The van der Waals surface area contributed by atoms with Crippen LogP contribution >= 0.6 is 0 Å². The van der Waals surface area contributed by atoms with Gasteiger partial charge in [0.1, 0.15) is 6.54 Å². The molecule has 2 rings (SSSR count). The number of nitrogens with zero attached hydrogens (tertiary/aromatic N) is 1. The SMILES string of the molecule is Cc1cc(C(=O)COC(=O)c2ccccc2[S@@](C)=O)c(C)n1CC(F)(F)F. The Labute approximate surface area is 156 Å². The van der Waals surface area contributed by atoms with Crippen LogP contribution in [0.15, 0.2) is 35.2 Å². The summed E-state index contributed by atoms with van der Waals surface area (Å²) in [7, 11) is -1.42. The molecule has 0 spiro atoms. The lowest BCUT2D eigenvalue weighted by Crippen LogP contribution is -2.20. The van der Waals surface area contributed by atoms with Crippen molar-refractivity contribution in [2.75, 3.05) is 12.9 Å². The molecule has 0 fully saturated rings. The number of halogens is 3. The Hall–Kier alpha value is -2.42. The molecule has 5 nitrogen and oxygen atoms in total. The number of rotatable bonds is 6. The van der Waals surface area contributed by atoms with Crippen LogP contribution in [0.3, 0.4) is 0 Å². The van der Waals surface area contributed by atoms with Crippen LogP contribution in [0, 0.1) is 13.8 Å². The smallest absolute Gasteiger partial charge is 0.406 e. The fourth-order valence-electron chi connectivity index (χ4n) is 2.68. The zero-order chi connectivity index (χ0) is 20.4. The molecule has 9 heteroatoms. The van der Waals surface area contributed by atoms with Crippen molar-refractivity contribution >= 4 is 22.6 Å². The Morgan fingerprint density at radius 1 is 1.15 bits per heavy atom. The van der Waals surface area contributed by atoms with Crippen LogP contribution in [-0.4, -0.2) is 39.6 Å². The maximum absolute atomic E-state index is 12.7. The van der Waals surface area contributed by atoms with E-state index in [1.165, 1.54) is 38.3 Å². The van der Waals surface area contributed by atoms with Gasteiger partial charge < -0.3 is 9.30 Å². The van der Waals surface area contributed by atoms with Crippen LogP contribution in [0.1, 0.15) is 32.1 Å². The maximum atomic E-state index is 12.7. The van der Waals surface area contributed by atoms with Crippen molar-refractivity contribution in [2.45, 2.75) is 31.5 Å². The van der Waals surface area contributed by atoms with Crippen molar-refractivity contribution in [2.24, 2.45) is 0 Å². The summed E-state index contributed by atoms with van der Waals surface area (Å²) in [6.07, 6.45) is -3.01. The summed E-state index contributed by atoms with van der Waals surface area (Å²) < 4.78 is 55.6. The Morgan fingerprint density at radius 3 is 2.37 bits per heavy atom. The predicted octanol–water partition coefficient (Wildman–Crippen LogP) is 3.44. The van der Waals surface area contributed by atoms with Crippen LogP contribution in [0.5, 0.6) is 0 Å². The number of ketones is 1. The van der Waals surface area contributed by atoms with Crippen LogP contribution in [0.4, 0.5) is 13.2 Å². The molecule has 0 saturated carbocycles. The van der Waals surface area contributed by atoms with E-state index in [2.05, 4.69) is 0 Å². The van der Waals surface area contributed by atoms with Crippen molar-refractivity contribution in [3.8, 4) is 0 Å².